The van der Waals surface area contributed by atoms with Crippen molar-refractivity contribution in [1.29, 1.82) is 0 Å². The Morgan fingerprint density at radius 2 is 1.97 bits per heavy atom. The average Bonchev–Trinajstić information content (AvgIpc) is 3.35. The predicted molar refractivity (Wildman–Crippen MR) is 115 cm³/mol. The quantitative estimate of drug-likeness (QED) is 0.617. The van der Waals surface area contributed by atoms with E-state index in [2.05, 4.69) is 40.8 Å². The lowest BCUT2D eigenvalue weighted by molar-refractivity contribution is -0.118. The molecule has 0 spiro atoms. The van der Waals surface area contributed by atoms with Gasteiger partial charge in [-0.15, -0.1) is 11.3 Å². The number of rotatable bonds is 3. The number of thiophene rings is 1. The van der Waals surface area contributed by atoms with Gasteiger partial charge in [-0.25, -0.2) is 0 Å². The predicted octanol–water partition coefficient (Wildman–Crippen LogP) is 5.35. The molecule has 1 aromatic carbocycles. The Balaban J connectivity index is 1.69. The molecule has 0 saturated heterocycles. The van der Waals surface area contributed by atoms with E-state index in [0.717, 1.165) is 46.1 Å². The maximum atomic E-state index is 13.3. The fraction of sp³-hybridized carbons (Fsp3) is 0.304. The normalized spacial score (nSPS) is 20.1. The molecule has 5 nitrogen and oxygen atoms in total. The highest BCUT2D eigenvalue weighted by Gasteiger charge is 2.43. The van der Waals surface area contributed by atoms with E-state index in [1.165, 1.54) is 4.88 Å². The summed E-state index contributed by atoms with van der Waals surface area (Å²) in [4.78, 5) is 14.4. The lowest BCUT2D eigenvalue weighted by atomic mass is 9.70. The van der Waals surface area contributed by atoms with Crippen LogP contribution in [0.5, 0.6) is 5.75 Å². The number of aromatic nitrogens is 2. The summed E-state index contributed by atoms with van der Waals surface area (Å²) >= 11 is 1.69. The highest BCUT2D eigenvalue weighted by atomic mass is 32.1. The second-order valence-electron chi connectivity index (χ2n) is 8.50. The molecule has 6 heteroatoms. The number of fused-ring (bicyclic) bond motifs is 1. The van der Waals surface area contributed by atoms with Crippen LogP contribution in [0.1, 0.15) is 43.0 Å². The number of nitrogens with zero attached hydrogens (tertiary/aromatic N) is 1. The molecule has 1 atom stereocenters. The molecule has 5 rings (SSSR count). The Morgan fingerprint density at radius 1 is 1.17 bits per heavy atom. The molecule has 3 heterocycles. The van der Waals surface area contributed by atoms with Crippen LogP contribution in [0.4, 0.5) is 5.82 Å². The maximum absolute atomic E-state index is 13.3. The number of hydrogen-bond donors (Lipinski definition) is 2. The number of anilines is 1. The van der Waals surface area contributed by atoms with Gasteiger partial charge in [0.05, 0.1) is 18.7 Å². The van der Waals surface area contributed by atoms with Crippen molar-refractivity contribution < 1.29 is 9.53 Å². The fourth-order valence-corrected chi connectivity index (χ4v) is 5.36. The molecule has 0 radical (unpaired) electrons. The number of hydrogen-bond acceptors (Lipinski definition) is 5. The van der Waals surface area contributed by atoms with Gasteiger partial charge < -0.3 is 10.1 Å². The number of Topliss-reactive ketones (excluding diaryl/α,β-unsaturated/α-hetero) is 1. The fourth-order valence-electron chi connectivity index (χ4n) is 4.51. The molecule has 1 aliphatic heterocycles. The third kappa shape index (κ3) is 2.99. The van der Waals surface area contributed by atoms with Crippen LogP contribution in [0.3, 0.4) is 0 Å². The topological polar surface area (TPSA) is 67.0 Å². The maximum Gasteiger partial charge on any atom is 0.162 e. The summed E-state index contributed by atoms with van der Waals surface area (Å²) in [6.45, 7) is 4.30. The summed E-state index contributed by atoms with van der Waals surface area (Å²) in [5, 5.41) is 13.4. The molecule has 3 aromatic rings. The minimum atomic E-state index is -0.0966. The van der Waals surface area contributed by atoms with Crippen LogP contribution in [-0.4, -0.2) is 23.1 Å². The number of benzene rings is 1. The molecule has 0 amide bonds. The summed E-state index contributed by atoms with van der Waals surface area (Å²) in [7, 11) is 1.66. The van der Waals surface area contributed by atoms with E-state index >= 15 is 0 Å². The van der Waals surface area contributed by atoms with Crippen molar-refractivity contribution in [3.63, 3.8) is 0 Å². The number of nitrogens with one attached hydrogen (secondary N) is 2. The number of methoxy groups -OCH3 is 1. The monoisotopic (exact) mass is 405 g/mol. The van der Waals surface area contributed by atoms with Crippen LogP contribution in [0.25, 0.3) is 11.3 Å². The van der Waals surface area contributed by atoms with Crippen LogP contribution in [0.2, 0.25) is 0 Å². The second kappa shape index (κ2) is 6.59. The van der Waals surface area contributed by atoms with Gasteiger partial charge in [0.15, 0.2) is 11.6 Å². The molecule has 148 valence electrons. The van der Waals surface area contributed by atoms with Crippen molar-refractivity contribution in [2.24, 2.45) is 5.41 Å². The molecule has 1 unspecified atom stereocenters. The third-order valence-electron chi connectivity index (χ3n) is 5.78. The minimum Gasteiger partial charge on any atom is -0.497 e. The van der Waals surface area contributed by atoms with Crippen LogP contribution in [-0.2, 0) is 4.79 Å². The van der Waals surface area contributed by atoms with Crippen molar-refractivity contribution in [2.45, 2.75) is 32.6 Å². The minimum absolute atomic E-state index is 0.0461. The first-order chi connectivity index (χ1) is 14.0. The molecular weight excluding hydrogens is 382 g/mol. The van der Waals surface area contributed by atoms with E-state index < -0.39 is 0 Å². The Morgan fingerprint density at radius 3 is 2.66 bits per heavy atom. The molecule has 0 fully saturated rings. The lowest BCUT2D eigenvalue weighted by Gasteiger charge is -2.37. The first kappa shape index (κ1) is 18.2. The van der Waals surface area contributed by atoms with E-state index in [-0.39, 0.29) is 17.1 Å². The van der Waals surface area contributed by atoms with E-state index in [1.54, 1.807) is 18.4 Å². The Hall–Kier alpha value is -2.86. The second-order valence-corrected chi connectivity index (χ2v) is 9.48. The summed E-state index contributed by atoms with van der Waals surface area (Å²) in [6.07, 6.45) is 1.42. The Labute approximate surface area is 173 Å². The first-order valence-corrected chi connectivity index (χ1v) is 10.6. The van der Waals surface area contributed by atoms with Crippen LogP contribution >= 0.6 is 11.3 Å². The van der Waals surface area contributed by atoms with Crippen molar-refractivity contribution in [1.82, 2.24) is 10.2 Å². The number of carbonyl (C=O) groups is 1. The van der Waals surface area contributed by atoms with Crippen molar-refractivity contribution in [2.75, 3.05) is 12.4 Å². The van der Waals surface area contributed by atoms with E-state index in [9.17, 15) is 4.79 Å². The molecule has 0 saturated carbocycles. The SMILES string of the molecule is COc1ccc(-c2[nH]nc3c2C(c2cccs2)C2=C(CC(C)(C)CC2=O)N3)cc1. The van der Waals surface area contributed by atoms with Gasteiger partial charge in [-0.1, -0.05) is 19.9 Å². The number of aromatic amines is 1. The van der Waals surface area contributed by atoms with Crippen LogP contribution in [0, 0.1) is 5.41 Å². The van der Waals surface area contributed by atoms with Crippen molar-refractivity contribution in [3.8, 4) is 17.0 Å². The standard InChI is InChI=1S/C23H23N3O2S/c1-23(2)11-15-18(16(27)12-23)19(17-5-4-10-29-17)20-21(25-26-22(20)24-15)13-6-8-14(28-3)9-7-13/h4-10,19H,11-12H2,1-3H3,(H2,24,25,26). The third-order valence-corrected chi connectivity index (χ3v) is 6.71. The number of allylic oxidation sites excluding steroid dienone is 2. The zero-order valence-electron chi connectivity index (χ0n) is 16.7. The number of carbonyl (C=O) groups excluding carboxylic acids is 1. The number of H-pyrrole nitrogens is 1. The summed E-state index contributed by atoms with van der Waals surface area (Å²) in [5.41, 5.74) is 4.88. The zero-order chi connectivity index (χ0) is 20.2. The van der Waals surface area contributed by atoms with Gasteiger partial charge in [0.2, 0.25) is 0 Å². The van der Waals surface area contributed by atoms with Gasteiger partial charge in [0.25, 0.3) is 0 Å². The zero-order valence-corrected chi connectivity index (χ0v) is 17.5. The largest absolute Gasteiger partial charge is 0.497 e. The molecule has 0 bridgehead atoms. The van der Waals surface area contributed by atoms with Crippen molar-refractivity contribution >= 4 is 22.9 Å². The summed E-state index contributed by atoms with van der Waals surface area (Å²) < 4.78 is 5.29. The highest BCUT2D eigenvalue weighted by Crippen LogP contribution is 2.51. The summed E-state index contributed by atoms with van der Waals surface area (Å²) in [6, 6.07) is 12.1. The van der Waals surface area contributed by atoms with Gasteiger partial charge in [0, 0.05) is 33.7 Å². The average molecular weight is 406 g/mol. The van der Waals surface area contributed by atoms with Crippen LogP contribution in [0.15, 0.2) is 53.0 Å². The Kier molecular flexibility index (Phi) is 4.13. The smallest absolute Gasteiger partial charge is 0.162 e. The number of ketones is 1. The summed E-state index contributed by atoms with van der Waals surface area (Å²) in [5.74, 6) is 1.76. The first-order valence-electron chi connectivity index (χ1n) is 9.76. The van der Waals surface area contributed by atoms with E-state index in [1.807, 2.05) is 30.3 Å². The van der Waals surface area contributed by atoms with Gasteiger partial charge in [-0.2, -0.15) is 5.10 Å². The van der Waals surface area contributed by atoms with Gasteiger partial charge in [0.1, 0.15) is 5.75 Å². The lowest BCUT2D eigenvalue weighted by Crippen LogP contribution is -2.33. The van der Waals surface area contributed by atoms with Crippen LogP contribution < -0.4 is 10.1 Å². The van der Waals surface area contributed by atoms with Gasteiger partial charge in [-0.3, -0.25) is 9.89 Å². The molecule has 1 aliphatic carbocycles. The molecule has 2 aliphatic rings. The highest BCUT2D eigenvalue weighted by molar-refractivity contribution is 7.10. The van der Waals surface area contributed by atoms with Crippen molar-refractivity contribution in [3.05, 3.63) is 63.5 Å². The number of ether oxygens (including phenoxy) is 1. The molecule has 2 aromatic heterocycles. The van der Waals surface area contributed by atoms with Gasteiger partial charge in [-0.05, 0) is 47.5 Å². The van der Waals surface area contributed by atoms with E-state index in [4.69, 9.17) is 4.74 Å². The molecule has 2 N–H and O–H groups in total. The van der Waals surface area contributed by atoms with E-state index in [0.29, 0.717) is 6.42 Å². The Bertz CT molecular complexity index is 1110. The van der Waals surface area contributed by atoms with Gasteiger partial charge >= 0.3 is 0 Å². The molecular formula is C23H23N3O2S. The molecule has 29 heavy (non-hydrogen) atoms.